The van der Waals surface area contributed by atoms with Gasteiger partial charge in [0.1, 0.15) is 5.82 Å². The SMILES string of the molecule is CN(CC(=O)N1CCCCC1CCn1ccnc1)Cc1ccccc1F. The van der Waals surface area contributed by atoms with Crippen LogP contribution >= 0.6 is 0 Å². The first-order chi connectivity index (χ1) is 12.6. The number of amides is 1. The van der Waals surface area contributed by atoms with Gasteiger partial charge in [0.05, 0.1) is 12.9 Å². The number of benzene rings is 1. The van der Waals surface area contributed by atoms with Crippen LogP contribution in [0.25, 0.3) is 0 Å². The normalized spacial score (nSPS) is 17.7. The van der Waals surface area contributed by atoms with Gasteiger partial charge in [-0.25, -0.2) is 9.37 Å². The molecule has 1 aromatic heterocycles. The van der Waals surface area contributed by atoms with Crippen molar-refractivity contribution in [3.8, 4) is 0 Å². The van der Waals surface area contributed by atoms with Gasteiger partial charge in [-0.1, -0.05) is 18.2 Å². The molecule has 26 heavy (non-hydrogen) atoms. The highest BCUT2D eigenvalue weighted by Crippen LogP contribution is 2.21. The lowest BCUT2D eigenvalue weighted by atomic mass is 9.99. The molecule has 0 radical (unpaired) electrons. The molecule has 1 atom stereocenters. The van der Waals surface area contributed by atoms with E-state index in [2.05, 4.69) is 9.55 Å². The molecule has 3 rings (SSSR count). The number of likely N-dealkylation sites (N-methyl/N-ethyl adjacent to an activating group) is 1. The molecule has 1 aliphatic heterocycles. The Kier molecular flexibility index (Phi) is 6.39. The van der Waals surface area contributed by atoms with E-state index in [1.807, 2.05) is 35.4 Å². The van der Waals surface area contributed by atoms with Crippen molar-refractivity contribution in [2.75, 3.05) is 20.1 Å². The molecule has 0 aliphatic carbocycles. The maximum absolute atomic E-state index is 13.8. The van der Waals surface area contributed by atoms with E-state index in [0.29, 0.717) is 18.7 Å². The van der Waals surface area contributed by atoms with E-state index in [1.54, 1.807) is 18.3 Å². The molecule has 0 bridgehead atoms. The van der Waals surface area contributed by atoms with Crippen LogP contribution in [0.2, 0.25) is 0 Å². The standard InChI is InChI=1S/C20H27FN4O/c1-23(14-17-6-2-3-8-19(17)21)15-20(26)25-11-5-4-7-18(25)9-12-24-13-10-22-16-24/h2-3,6,8,10,13,16,18H,4-5,7,9,11-12,14-15H2,1H3. The van der Waals surface area contributed by atoms with E-state index in [4.69, 9.17) is 0 Å². The predicted octanol–water partition coefficient (Wildman–Crippen LogP) is 2.93. The molecule has 2 heterocycles. The molecule has 0 spiro atoms. The molecule has 1 fully saturated rings. The number of imidazole rings is 1. The van der Waals surface area contributed by atoms with Gasteiger partial charge in [-0.3, -0.25) is 9.69 Å². The molecule has 1 unspecified atom stereocenters. The molecule has 2 aromatic rings. The van der Waals surface area contributed by atoms with Gasteiger partial charge >= 0.3 is 0 Å². The number of aryl methyl sites for hydroxylation is 1. The molecule has 1 aromatic carbocycles. The summed E-state index contributed by atoms with van der Waals surface area (Å²) in [7, 11) is 1.87. The Bertz CT molecular complexity index is 704. The first kappa shape index (κ1) is 18.6. The number of hydrogen-bond donors (Lipinski definition) is 0. The third kappa shape index (κ3) is 4.91. The molecule has 140 valence electrons. The Morgan fingerprint density at radius 1 is 1.35 bits per heavy atom. The van der Waals surface area contributed by atoms with Crippen LogP contribution in [0.15, 0.2) is 43.0 Å². The Morgan fingerprint density at radius 3 is 2.96 bits per heavy atom. The van der Waals surface area contributed by atoms with Crippen LogP contribution in [-0.2, 0) is 17.9 Å². The lowest BCUT2D eigenvalue weighted by molar-refractivity contribution is -0.136. The topological polar surface area (TPSA) is 41.4 Å². The van der Waals surface area contributed by atoms with E-state index in [-0.39, 0.29) is 17.8 Å². The fraction of sp³-hybridized carbons (Fsp3) is 0.500. The zero-order valence-corrected chi connectivity index (χ0v) is 15.4. The summed E-state index contributed by atoms with van der Waals surface area (Å²) in [5.41, 5.74) is 0.623. The van der Waals surface area contributed by atoms with E-state index in [9.17, 15) is 9.18 Å². The summed E-state index contributed by atoms with van der Waals surface area (Å²) in [6.07, 6.45) is 9.78. The quantitative estimate of drug-likeness (QED) is 0.764. The largest absolute Gasteiger partial charge is 0.339 e. The minimum Gasteiger partial charge on any atom is -0.339 e. The molecular weight excluding hydrogens is 331 g/mol. The minimum absolute atomic E-state index is 0.138. The minimum atomic E-state index is -0.219. The number of likely N-dealkylation sites (tertiary alicyclic amines) is 1. The van der Waals surface area contributed by atoms with Crippen LogP contribution in [0.1, 0.15) is 31.2 Å². The van der Waals surface area contributed by atoms with Gasteiger partial charge in [-0.2, -0.15) is 0 Å². The second-order valence-electron chi connectivity index (χ2n) is 7.09. The highest BCUT2D eigenvalue weighted by molar-refractivity contribution is 5.78. The summed E-state index contributed by atoms with van der Waals surface area (Å²) in [4.78, 5) is 20.8. The highest BCUT2D eigenvalue weighted by atomic mass is 19.1. The van der Waals surface area contributed by atoms with Gasteiger partial charge in [-0.05, 0) is 38.8 Å². The van der Waals surface area contributed by atoms with E-state index in [1.165, 1.54) is 12.5 Å². The Labute approximate surface area is 154 Å². The molecule has 6 heteroatoms. The average Bonchev–Trinajstić information content (AvgIpc) is 3.15. The van der Waals surface area contributed by atoms with Crippen molar-refractivity contribution in [3.05, 3.63) is 54.4 Å². The first-order valence-electron chi connectivity index (χ1n) is 9.30. The fourth-order valence-electron chi connectivity index (χ4n) is 3.64. The van der Waals surface area contributed by atoms with Gasteiger partial charge in [0.2, 0.25) is 5.91 Å². The first-order valence-corrected chi connectivity index (χ1v) is 9.30. The lowest BCUT2D eigenvalue weighted by Crippen LogP contribution is -2.47. The number of nitrogens with zero attached hydrogens (tertiary/aromatic N) is 4. The number of halogens is 1. The third-order valence-corrected chi connectivity index (χ3v) is 5.03. The second kappa shape index (κ2) is 8.94. The monoisotopic (exact) mass is 358 g/mol. The van der Waals surface area contributed by atoms with Crippen LogP contribution in [0.3, 0.4) is 0 Å². The van der Waals surface area contributed by atoms with Crippen molar-refractivity contribution < 1.29 is 9.18 Å². The van der Waals surface area contributed by atoms with Crippen LogP contribution < -0.4 is 0 Å². The summed E-state index contributed by atoms with van der Waals surface area (Å²) in [6.45, 7) is 2.45. The van der Waals surface area contributed by atoms with E-state index >= 15 is 0 Å². The van der Waals surface area contributed by atoms with Crippen molar-refractivity contribution in [3.63, 3.8) is 0 Å². The Morgan fingerprint density at radius 2 is 2.19 bits per heavy atom. The maximum atomic E-state index is 13.8. The van der Waals surface area contributed by atoms with E-state index < -0.39 is 0 Å². The molecule has 1 saturated heterocycles. The second-order valence-corrected chi connectivity index (χ2v) is 7.09. The smallest absolute Gasteiger partial charge is 0.236 e. The average molecular weight is 358 g/mol. The summed E-state index contributed by atoms with van der Waals surface area (Å²) in [6, 6.07) is 7.01. The van der Waals surface area contributed by atoms with E-state index in [0.717, 1.165) is 32.4 Å². The van der Waals surface area contributed by atoms with Crippen LogP contribution in [-0.4, -0.2) is 51.4 Å². The van der Waals surface area contributed by atoms with Gasteiger partial charge in [0.25, 0.3) is 0 Å². The molecule has 0 saturated carbocycles. The summed E-state index contributed by atoms with van der Waals surface area (Å²) in [5, 5.41) is 0. The van der Waals surface area contributed by atoms with Crippen molar-refractivity contribution in [2.45, 2.75) is 44.8 Å². The van der Waals surface area contributed by atoms with Crippen LogP contribution in [0, 0.1) is 5.82 Å². The maximum Gasteiger partial charge on any atom is 0.236 e. The number of carbonyl (C=O) groups is 1. The Hall–Kier alpha value is -2.21. The van der Waals surface area contributed by atoms with Crippen LogP contribution in [0.5, 0.6) is 0 Å². The molecular formula is C20H27FN4O. The highest BCUT2D eigenvalue weighted by Gasteiger charge is 2.27. The number of hydrogen-bond acceptors (Lipinski definition) is 3. The van der Waals surface area contributed by atoms with Gasteiger partial charge in [0, 0.05) is 43.6 Å². The van der Waals surface area contributed by atoms with Crippen molar-refractivity contribution in [1.29, 1.82) is 0 Å². The van der Waals surface area contributed by atoms with Crippen molar-refractivity contribution in [1.82, 2.24) is 19.4 Å². The zero-order valence-electron chi connectivity index (χ0n) is 15.4. The molecule has 1 aliphatic rings. The Balaban J connectivity index is 1.54. The number of aromatic nitrogens is 2. The summed E-state index contributed by atoms with van der Waals surface area (Å²) in [5.74, 6) is -0.0813. The third-order valence-electron chi connectivity index (χ3n) is 5.03. The van der Waals surface area contributed by atoms with Crippen LogP contribution in [0.4, 0.5) is 4.39 Å². The number of carbonyl (C=O) groups excluding carboxylic acids is 1. The van der Waals surface area contributed by atoms with Gasteiger partial charge in [0.15, 0.2) is 0 Å². The fourth-order valence-corrected chi connectivity index (χ4v) is 3.64. The van der Waals surface area contributed by atoms with Crippen molar-refractivity contribution in [2.24, 2.45) is 0 Å². The van der Waals surface area contributed by atoms with Gasteiger partial charge < -0.3 is 9.47 Å². The number of rotatable bonds is 7. The zero-order chi connectivity index (χ0) is 18.4. The van der Waals surface area contributed by atoms with Gasteiger partial charge in [-0.15, -0.1) is 0 Å². The molecule has 1 amide bonds. The predicted molar refractivity (Wildman–Crippen MR) is 98.9 cm³/mol. The van der Waals surface area contributed by atoms with Crippen molar-refractivity contribution >= 4 is 5.91 Å². The molecule has 5 nitrogen and oxygen atoms in total. The number of piperidine rings is 1. The summed E-state index contributed by atoms with van der Waals surface area (Å²) < 4.78 is 15.9. The lowest BCUT2D eigenvalue weighted by Gasteiger charge is -2.37. The summed E-state index contributed by atoms with van der Waals surface area (Å²) >= 11 is 0. The molecule has 0 N–H and O–H groups in total.